The van der Waals surface area contributed by atoms with Gasteiger partial charge in [0.05, 0.1) is 12.7 Å². The predicted molar refractivity (Wildman–Crippen MR) is 84.4 cm³/mol. The predicted octanol–water partition coefficient (Wildman–Crippen LogP) is 2.34. The standard InChI is InChI=1S/C17H18O6/c1-9(2)16(22-10(3)18)15(20)14-12(21-4)7-5-11-6-8-13(19)23-17(11)14/h5-8,15-16,20H,1H2,2-4H3/t15-,16-/m1/s1. The summed E-state index contributed by atoms with van der Waals surface area (Å²) >= 11 is 0. The Balaban J connectivity index is 2.67. The lowest BCUT2D eigenvalue weighted by molar-refractivity contribution is -0.149. The Morgan fingerprint density at radius 3 is 2.48 bits per heavy atom. The molecule has 122 valence electrons. The SMILES string of the molecule is C=C(C)[C@@H](OC(C)=O)[C@H](O)c1c(OC)ccc2ccc(=O)oc12. The van der Waals surface area contributed by atoms with Crippen LogP contribution in [-0.2, 0) is 9.53 Å². The third kappa shape index (κ3) is 3.43. The van der Waals surface area contributed by atoms with Gasteiger partial charge < -0.3 is 19.0 Å². The van der Waals surface area contributed by atoms with E-state index in [1.54, 1.807) is 25.1 Å². The minimum atomic E-state index is -1.29. The topological polar surface area (TPSA) is 86.0 Å². The van der Waals surface area contributed by atoms with Gasteiger partial charge in [-0.1, -0.05) is 6.58 Å². The van der Waals surface area contributed by atoms with Crippen molar-refractivity contribution in [3.8, 4) is 5.75 Å². The smallest absolute Gasteiger partial charge is 0.336 e. The Labute approximate surface area is 132 Å². The first-order valence-electron chi connectivity index (χ1n) is 6.96. The van der Waals surface area contributed by atoms with Crippen LogP contribution in [0.5, 0.6) is 5.75 Å². The molecule has 2 atom stereocenters. The minimum Gasteiger partial charge on any atom is -0.496 e. The van der Waals surface area contributed by atoms with Crippen LogP contribution in [0, 0.1) is 0 Å². The minimum absolute atomic E-state index is 0.183. The summed E-state index contributed by atoms with van der Waals surface area (Å²) in [7, 11) is 1.43. The highest BCUT2D eigenvalue weighted by atomic mass is 16.6. The van der Waals surface area contributed by atoms with Gasteiger partial charge in [0.1, 0.15) is 17.4 Å². The quantitative estimate of drug-likeness (QED) is 0.517. The van der Waals surface area contributed by atoms with Crippen LogP contribution in [0.4, 0.5) is 0 Å². The highest BCUT2D eigenvalue weighted by Crippen LogP contribution is 2.36. The van der Waals surface area contributed by atoms with E-state index in [0.717, 1.165) is 0 Å². The van der Waals surface area contributed by atoms with Crippen LogP contribution in [0.1, 0.15) is 25.5 Å². The summed E-state index contributed by atoms with van der Waals surface area (Å²) < 4.78 is 15.6. The van der Waals surface area contributed by atoms with Gasteiger partial charge in [0, 0.05) is 18.4 Å². The first-order chi connectivity index (χ1) is 10.8. The summed E-state index contributed by atoms with van der Waals surface area (Å²) in [5.41, 5.74) is 0.309. The summed E-state index contributed by atoms with van der Waals surface area (Å²) in [4.78, 5) is 22.8. The number of hydrogen-bond acceptors (Lipinski definition) is 6. The van der Waals surface area contributed by atoms with Gasteiger partial charge in [-0.15, -0.1) is 0 Å². The maximum atomic E-state index is 11.5. The second-order valence-electron chi connectivity index (χ2n) is 5.18. The molecular formula is C17H18O6. The first kappa shape index (κ1) is 16.8. The number of aliphatic hydroxyl groups is 1. The molecule has 0 saturated carbocycles. The Bertz CT molecular complexity index is 804. The zero-order valence-corrected chi connectivity index (χ0v) is 13.2. The van der Waals surface area contributed by atoms with Gasteiger partial charge in [0.15, 0.2) is 6.10 Å². The molecule has 0 saturated heterocycles. The number of carbonyl (C=O) groups is 1. The third-order valence-corrected chi connectivity index (χ3v) is 3.37. The highest BCUT2D eigenvalue weighted by molar-refractivity contribution is 5.82. The zero-order chi connectivity index (χ0) is 17.1. The van der Waals surface area contributed by atoms with Gasteiger partial charge in [0.25, 0.3) is 0 Å². The Morgan fingerprint density at radius 2 is 1.91 bits per heavy atom. The molecule has 1 aromatic heterocycles. The maximum absolute atomic E-state index is 11.5. The van der Waals surface area contributed by atoms with Crippen molar-refractivity contribution < 1.29 is 23.8 Å². The summed E-state index contributed by atoms with van der Waals surface area (Å²) in [5, 5.41) is 11.3. The van der Waals surface area contributed by atoms with Gasteiger partial charge >= 0.3 is 11.6 Å². The maximum Gasteiger partial charge on any atom is 0.336 e. The monoisotopic (exact) mass is 318 g/mol. The van der Waals surface area contributed by atoms with E-state index >= 15 is 0 Å². The first-order valence-corrected chi connectivity index (χ1v) is 6.96. The van der Waals surface area contributed by atoms with Gasteiger partial charge in [-0.2, -0.15) is 0 Å². The lowest BCUT2D eigenvalue weighted by Gasteiger charge is -2.24. The van der Waals surface area contributed by atoms with E-state index in [0.29, 0.717) is 16.7 Å². The molecule has 0 spiro atoms. The number of carbonyl (C=O) groups excluding carboxylic acids is 1. The molecule has 6 heteroatoms. The lowest BCUT2D eigenvalue weighted by atomic mass is 9.97. The van der Waals surface area contributed by atoms with Crippen molar-refractivity contribution in [1.29, 1.82) is 0 Å². The van der Waals surface area contributed by atoms with E-state index in [4.69, 9.17) is 13.9 Å². The number of hydrogen-bond donors (Lipinski definition) is 1. The Hall–Kier alpha value is -2.60. The van der Waals surface area contributed by atoms with E-state index in [1.807, 2.05) is 0 Å². The number of benzene rings is 1. The van der Waals surface area contributed by atoms with Crippen LogP contribution in [0.3, 0.4) is 0 Å². The zero-order valence-electron chi connectivity index (χ0n) is 13.2. The van der Waals surface area contributed by atoms with Crippen molar-refractivity contribution in [2.45, 2.75) is 26.1 Å². The van der Waals surface area contributed by atoms with Gasteiger partial charge in [-0.05, 0) is 30.7 Å². The van der Waals surface area contributed by atoms with Crippen LogP contribution in [0.15, 0.2) is 45.6 Å². The number of rotatable bonds is 5. The molecule has 0 aliphatic rings. The van der Waals surface area contributed by atoms with E-state index in [-0.39, 0.29) is 11.1 Å². The van der Waals surface area contributed by atoms with Crippen LogP contribution in [0.2, 0.25) is 0 Å². The molecule has 0 amide bonds. The fourth-order valence-corrected chi connectivity index (χ4v) is 2.36. The molecule has 2 rings (SSSR count). The van der Waals surface area contributed by atoms with E-state index in [9.17, 15) is 14.7 Å². The van der Waals surface area contributed by atoms with Gasteiger partial charge in [0.2, 0.25) is 0 Å². The van der Waals surface area contributed by atoms with E-state index in [2.05, 4.69) is 6.58 Å². The average Bonchev–Trinajstić information content (AvgIpc) is 2.50. The number of ether oxygens (including phenoxy) is 2. The van der Waals surface area contributed by atoms with Gasteiger partial charge in [-0.3, -0.25) is 4.79 Å². The third-order valence-electron chi connectivity index (χ3n) is 3.37. The number of fused-ring (bicyclic) bond motifs is 1. The fraction of sp³-hybridized carbons (Fsp3) is 0.294. The molecule has 0 radical (unpaired) electrons. The number of aliphatic hydroxyl groups excluding tert-OH is 1. The molecule has 6 nitrogen and oxygen atoms in total. The van der Waals surface area contributed by atoms with E-state index in [1.165, 1.54) is 20.1 Å². The van der Waals surface area contributed by atoms with Crippen molar-refractivity contribution in [2.75, 3.05) is 7.11 Å². The molecule has 0 fully saturated rings. The van der Waals surface area contributed by atoms with Crippen molar-refractivity contribution in [3.05, 3.63) is 52.4 Å². The number of esters is 1. The van der Waals surface area contributed by atoms with E-state index < -0.39 is 23.8 Å². The molecule has 2 aromatic rings. The Morgan fingerprint density at radius 1 is 1.26 bits per heavy atom. The summed E-state index contributed by atoms with van der Waals surface area (Å²) in [5.74, 6) is -0.240. The molecule has 0 aliphatic heterocycles. The van der Waals surface area contributed by atoms with Crippen molar-refractivity contribution >= 4 is 16.9 Å². The normalized spacial score (nSPS) is 13.4. The molecule has 0 bridgehead atoms. The molecule has 1 N–H and O–H groups in total. The number of methoxy groups -OCH3 is 1. The van der Waals surface area contributed by atoms with Crippen LogP contribution >= 0.6 is 0 Å². The van der Waals surface area contributed by atoms with Crippen LogP contribution in [0.25, 0.3) is 11.0 Å². The average molecular weight is 318 g/mol. The van der Waals surface area contributed by atoms with Crippen LogP contribution in [-0.4, -0.2) is 24.3 Å². The lowest BCUT2D eigenvalue weighted by Crippen LogP contribution is -2.26. The second-order valence-corrected chi connectivity index (χ2v) is 5.18. The Kier molecular flexibility index (Phi) is 4.86. The molecule has 0 unspecified atom stereocenters. The summed E-state index contributed by atoms with van der Waals surface area (Å²) in [6, 6.07) is 6.21. The molecule has 1 heterocycles. The molecule has 1 aromatic carbocycles. The summed E-state index contributed by atoms with van der Waals surface area (Å²) in [6.07, 6.45) is -2.28. The van der Waals surface area contributed by atoms with Crippen molar-refractivity contribution in [3.63, 3.8) is 0 Å². The largest absolute Gasteiger partial charge is 0.496 e. The molecule has 0 aliphatic carbocycles. The van der Waals surface area contributed by atoms with Crippen molar-refractivity contribution in [2.24, 2.45) is 0 Å². The van der Waals surface area contributed by atoms with Crippen molar-refractivity contribution in [1.82, 2.24) is 0 Å². The second kappa shape index (κ2) is 6.66. The highest BCUT2D eigenvalue weighted by Gasteiger charge is 2.30. The van der Waals surface area contributed by atoms with Crippen LogP contribution < -0.4 is 10.4 Å². The molecule has 23 heavy (non-hydrogen) atoms. The fourth-order valence-electron chi connectivity index (χ4n) is 2.36. The summed E-state index contributed by atoms with van der Waals surface area (Å²) in [6.45, 7) is 6.61. The van der Waals surface area contributed by atoms with Gasteiger partial charge in [-0.25, -0.2) is 4.79 Å². The molecular weight excluding hydrogens is 300 g/mol.